The van der Waals surface area contributed by atoms with Crippen LogP contribution in [0.25, 0.3) is 0 Å². The number of nitrogens with one attached hydrogen (secondary N) is 1. The van der Waals surface area contributed by atoms with E-state index in [9.17, 15) is 19.5 Å². The van der Waals surface area contributed by atoms with Crippen LogP contribution < -0.4 is 11.1 Å². The maximum absolute atomic E-state index is 13.2. The topological polar surface area (TPSA) is 119 Å². The molecule has 1 aliphatic rings. The van der Waals surface area contributed by atoms with Gasteiger partial charge < -0.3 is 20.9 Å². The van der Waals surface area contributed by atoms with Gasteiger partial charge in [-0.1, -0.05) is 43.2 Å². The fourth-order valence-electron chi connectivity index (χ4n) is 3.94. The summed E-state index contributed by atoms with van der Waals surface area (Å²) in [7, 11) is 2.63. The molecule has 0 aromatic heterocycles. The number of esters is 1. The lowest BCUT2D eigenvalue weighted by Gasteiger charge is -2.50. The Balaban J connectivity index is 2.67. The standard InChI is InChI=1S/C18H24N2O5/c1-20-13(15(19)22)17(16(23)25-2)10-6-7-11-18(17,24)14(21)12-8-4-3-5-9-12/h3-5,8-9,13,20,24H,6-7,10-11H2,1-2H3,(H2,19,22). The molecule has 0 radical (unpaired) electrons. The van der Waals surface area contributed by atoms with Gasteiger partial charge in [0.15, 0.2) is 5.78 Å². The van der Waals surface area contributed by atoms with Crippen molar-refractivity contribution in [2.75, 3.05) is 14.2 Å². The number of primary amides is 1. The molecule has 25 heavy (non-hydrogen) atoms. The first-order chi connectivity index (χ1) is 11.8. The largest absolute Gasteiger partial charge is 0.468 e. The summed E-state index contributed by atoms with van der Waals surface area (Å²) in [5.74, 6) is -2.26. The van der Waals surface area contributed by atoms with E-state index >= 15 is 0 Å². The van der Waals surface area contributed by atoms with Gasteiger partial charge in [0.1, 0.15) is 17.1 Å². The van der Waals surface area contributed by atoms with E-state index < -0.39 is 34.7 Å². The van der Waals surface area contributed by atoms with E-state index in [1.165, 1.54) is 14.2 Å². The van der Waals surface area contributed by atoms with Crippen LogP contribution in [0.5, 0.6) is 0 Å². The number of nitrogens with two attached hydrogens (primary N) is 1. The molecule has 7 heteroatoms. The van der Waals surface area contributed by atoms with Crippen LogP contribution in [0.4, 0.5) is 0 Å². The maximum Gasteiger partial charge on any atom is 0.317 e. The average Bonchev–Trinajstić information content (AvgIpc) is 2.63. The summed E-state index contributed by atoms with van der Waals surface area (Å²) >= 11 is 0. The zero-order valence-electron chi connectivity index (χ0n) is 14.5. The predicted octanol–water partition coefficient (Wildman–Crippen LogP) is 0.407. The SMILES string of the molecule is CNC(C(N)=O)C1(C(=O)OC)CCCCC1(O)C(=O)c1ccccc1. The lowest BCUT2D eigenvalue weighted by Crippen LogP contribution is -2.70. The molecular formula is C18H24N2O5. The highest BCUT2D eigenvalue weighted by molar-refractivity contribution is 6.07. The summed E-state index contributed by atoms with van der Waals surface area (Å²) in [6.45, 7) is 0. The van der Waals surface area contributed by atoms with E-state index in [1.54, 1.807) is 30.3 Å². The van der Waals surface area contributed by atoms with Gasteiger partial charge in [0, 0.05) is 5.56 Å². The van der Waals surface area contributed by atoms with Gasteiger partial charge in [0.05, 0.1) is 7.11 Å². The molecule has 2 rings (SSSR count). The minimum absolute atomic E-state index is 0.0429. The average molecular weight is 348 g/mol. The number of carbonyl (C=O) groups excluding carboxylic acids is 3. The molecule has 0 aliphatic heterocycles. The number of hydrogen-bond acceptors (Lipinski definition) is 6. The molecule has 0 saturated heterocycles. The highest BCUT2D eigenvalue weighted by Gasteiger charge is 2.66. The van der Waals surface area contributed by atoms with Crippen molar-refractivity contribution < 1.29 is 24.2 Å². The first-order valence-electron chi connectivity index (χ1n) is 8.22. The molecule has 0 heterocycles. The number of hydrogen-bond donors (Lipinski definition) is 3. The third-order valence-electron chi connectivity index (χ3n) is 5.12. The zero-order chi connectivity index (χ0) is 18.7. The van der Waals surface area contributed by atoms with Gasteiger partial charge in [-0.3, -0.25) is 14.4 Å². The third kappa shape index (κ3) is 2.94. The highest BCUT2D eigenvalue weighted by atomic mass is 16.5. The minimum Gasteiger partial charge on any atom is -0.468 e. The van der Waals surface area contributed by atoms with E-state index in [0.29, 0.717) is 12.8 Å². The molecular weight excluding hydrogens is 324 g/mol. The van der Waals surface area contributed by atoms with Crippen LogP contribution in [0.3, 0.4) is 0 Å². The number of ketones is 1. The van der Waals surface area contributed by atoms with Crippen molar-refractivity contribution in [3.8, 4) is 0 Å². The van der Waals surface area contributed by atoms with E-state index in [2.05, 4.69) is 5.32 Å². The molecule has 7 nitrogen and oxygen atoms in total. The van der Waals surface area contributed by atoms with Crippen molar-refractivity contribution in [3.63, 3.8) is 0 Å². The Hall–Kier alpha value is -2.25. The van der Waals surface area contributed by atoms with Crippen molar-refractivity contribution in [2.24, 2.45) is 11.1 Å². The smallest absolute Gasteiger partial charge is 0.317 e. The van der Waals surface area contributed by atoms with Crippen LogP contribution in [-0.4, -0.2) is 48.6 Å². The summed E-state index contributed by atoms with van der Waals surface area (Å²) in [6.07, 6.45) is 1.26. The predicted molar refractivity (Wildman–Crippen MR) is 90.7 cm³/mol. The van der Waals surface area contributed by atoms with Crippen molar-refractivity contribution in [1.82, 2.24) is 5.32 Å². The Morgan fingerprint density at radius 2 is 1.80 bits per heavy atom. The number of rotatable bonds is 6. The molecule has 0 bridgehead atoms. The fraction of sp³-hybridized carbons (Fsp3) is 0.500. The molecule has 1 fully saturated rings. The van der Waals surface area contributed by atoms with Gasteiger partial charge in [0.2, 0.25) is 5.91 Å². The number of methoxy groups -OCH3 is 1. The van der Waals surface area contributed by atoms with Gasteiger partial charge in [-0.2, -0.15) is 0 Å². The lowest BCUT2D eigenvalue weighted by atomic mass is 9.56. The van der Waals surface area contributed by atoms with E-state index in [4.69, 9.17) is 10.5 Å². The molecule has 3 atom stereocenters. The van der Waals surface area contributed by atoms with Crippen molar-refractivity contribution in [3.05, 3.63) is 35.9 Å². The monoisotopic (exact) mass is 348 g/mol. The molecule has 1 saturated carbocycles. The first kappa shape index (κ1) is 19.1. The Labute approximate surface area is 146 Å². The summed E-state index contributed by atoms with van der Waals surface area (Å²) in [4.78, 5) is 38.0. The number of ether oxygens (including phenoxy) is 1. The summed E-state index contributed by atoms with van der Waals surface area (Å²) in [5, 5.41) is 14.2. The lowest BCUT2D eigenvalue weighted by molar-refractivity contribution is -0.180. The van der Waals surface area contributed by atoms with Crippen LogP contribution in [0.1, 0.15) is 36.0 Å². The second-order valence-electron chi connectivity index (χ2n) is 6.35. The third-order valence-corrected chi connectivity index (χ3v) is 5.12. The molecule has 1 amide bonds. The second-order valence-corrected chi connectivity index (χ2v) is 6.35. The summed E-state index contributed by atoms with van der Waals surface area (Å²) in [5.41, 5.74) is 1.87. The van der Waals surface area contributed by atoms with Crippen molar-refractivity contribution in [1.29, 1.82) is 0 Å². The van der Waals surface area contributed by atoms with Gasteiger partial charge in [-0.05, 0) is 19.9 Å². The van der Waals surface area contributed by atoms with Gasteiger partial charge in [-0.15, -0.1) is 0 Å². The minimum atomic E-state index is -2.09. The number of aliphatic hydroxyl groups is 1. The van der Waals surface area contributed by atoms with Crippen LogP contribution >= 0.6 is 0 Å². The molecule has 136 valence electrons. The van der Waals surface area contributed by atoms with Crippen LogP contribution in [0.2, 0.25) is 0 Å². The molecule has 4 N–H and O–H groups in total. The van der Waals surface area contributed by atoms with Crippen molar-refractivity contribution >= 4 is 17.7 Å². The number of Topliss-reactive ketones (excluding diaryl/α,β-unsaturated/α-hetero) is 1. The normalized spacial score (nSPS) is 27.3. The Morgan fingerprint density at radius 3 is 2.32 bits per heavy atom. The van der Waals surface area contributed by atoms with Gasteiger partial charge in [-0.25, -0.2) is 0 Å². The van der Waals surface area contributed by atoms with Crippen molar-refractivity contribution in [2.45, 2.75) is 37.3 Å². The number of carbonyl (C=O) groups is 3. The Morgan fingerprint density at radius 1 is 1.20 bits per heavy atom. The summed E-state index contributed by atoms with van der Waals surface area (Å²) in [6, 6.07) is 6.98. The molecule has 3 unspecified atom stereocenters. The van der Waals surface area contributed by atoms with Gasteiger partial charge >= 0.3 is 5.97 Å². The molecule has 1 aromatic rings. The van der Waals surface area contributed by atoms with E-state index in [1.807, 2.05) is 0 Å². The van der Waals surface area contributed by atoms with Crippen LogP contribution in [0, 0.1) is 5.41 Å². The highest BCUT2D eigenvalue weighted by Crippen LogP contribution is 2.49. The molecule has 1 aromatic carbocycles. The number of amides is 1. The quantitative estimate of drug-likeness (QED) is 0.506. The van der Waals surface area contributed by atoms with Crippen LogP contribution in [0.15, 0.2) is 30.3 Å². The van der Waals surface area contributed by atoms with E-state index in [-0.39, 0.29) is 18.4 Å². The van der Waals surface area contributed by atoms with Gasteiger partial charge in [0.25, 0.3) is 0 Å². The Kier molecular flexibility index (Phi) is 5.59. The molecule has 0 spiro atoms. The fourth-order valence-corrected chi connectivity index (χ4v) is 3.94. The van der Waals surface area contributed by atoms with Crippen LogP contribution in [-0.2, 0) is 14.3 Å². The summed E-state index contributed by atoms with van der Waals surface area (Å²) < 4.78 is 4.91. The number of likely N-dealkylation sites (N-methyl/N-ethyl adjacent to an activating group) is 1. The maximum atomic E-state index is 13.2. The Bertz CT molecular complexity index is 663. The number of benzene rings is 1. The van der Waals surface area contributed by atoms with E-state index in [0.717, 1.165) is 0 Å². The first-order valence-corrected chi connectivity index (χ1v) is 8.22. The molecule has 1 aliphatic carbocycles. The second kappa shape index (κ2) is 7.33. The zero-order valence-corrected chi connectivity index (χ0v) is 14.5.